The van der Waals surface area contributed by atoms with Crippen molar-refractivity contribution in [2.45, 2.75) is 30.4 Å². The van der Waals surface area contributed by atoms with Gasteiger partial charge in [0, 0.05) is 5.56 Å². The Morgan fingerprint density at radius 3 is 2.54 bits per heavy atom. The molecule has 0 bridgehead atoms. The molecule has 4 nitrogen and oxygen atoms in total. The van der Waals surface area contributed by atoms with Crippen LogP contribution in [0.3, 0.4) is 0 Å². The Kier molecular flexibility index (Phi) is 5.23. The minimum absolute atomic E-state index is 0.110. The van der Waals surface area contributed by atoms with Crippen LogP contribution in [0, 0.1) is 11.3 Å². The van der Waals surface area contributed by atoms with Crippen molar-refractivity contribution in [1.82, 2.24) is 0 Å². The first-order valence-corrected chi connectivity index (χ1v) is 10.2. The molecule has 0 amide bonds. The van der Waals surface area contributed by atoms with E-state index in [1.54, 1.807) is 29.6 Å². The minimum atomic E-state index is -3.84. The van der Waals surface area contributed by atoms with Gasteiger partial charge in [0.15, 0.2) is 4.91 Å². The lowest BCUT2D eigenvalue weighted by Crippen LogP contribution is -2.12. The SMILES string of the molecule is CC(C)(C)c1cc(/C=C(/C#N)S(=O)(=O)c2cccs2)cc(Br)c1O. The molecule has 126 valence electrons. The predicted octanol–water partition coefficient (Wildman–Crippen LogP) is 4.85. The first-order chi connectivity index (χ1) is 11.1. The molecular formula is C17H16BrNO3S2. The van der Waals surface area contributed by atoms with Gasteiger partial charge >= 0.3 is 0 Å². The van der Waals surface area contributed by atoms with Crippen molar-refractivity contribution in [2.24, 2.45) is 0 Å². The van der Waals surface area contributed by atoms with E-state index < -0.39 is 9.84 Å². The normalized spacial score (nSPS) is 12.9. The van der Waals surface area contributed by atoms with Crippen LogP contribution < -0.4 is 0 Å². The molecule has 0 radical (unpaired) electrons. The van der Waals surface area contributed by atoms with E-state index in [1.807, 2.05) is 20.8 Å². The van der Waals surface area contributed by atoms with Gasteiger partial charge < -0.3 is 5.11 Å². The number of rotatable bonds is 3. The third-order valence-electron chi connectivity index (χ3n) is 3.35. The number of allylic oxidation sites excluding steroid dienone is 1. The van der Waals surface area contributed by atoms with Crippen LogP contribution in [0.2, 0.25) is 0 Å². The number of benzene rings is 1. The number of sulfone groups is 1. The Morgan fingerprint density at radius 1 is 1.38 bits per heavy atom. The summed E-state index contributed by atoms with van der Waals surface area (Å²) in [7, 11) is -3.84. The Labute approximate surface area is 154 Å². The van der Waals surface area contributed by atoms with E-state index in [9.17, 15) is 18.8 Å². The van der Waals surface area contributed by atoms with E-state index in [2.05, 4.69) is 15.9 Å². The third kappa shape index (κ3) is 3.72. The summed E-state index contributed by atoms with van der Waals surface area (Å²) >= 11 is 4.35. The van der Waals surface area contributed by atoms with Crippen molar-refractivity contribution < 1.29 is 13.5 Å². The molecule has 0 aliphatic rings. The van der Waals surface area contributed by atoms with E-state index in [-0.39, 0.29) is 20.3 Å². The summed E-state index contributed by atoms with van der Waals surface area (Å²) in [4.78, 5) is -0.331. The van der Waals surface area contributed by atoms with Crippen molar-refractivity contribution in [1.29, 1.82) is 5.26 Å². The Balaban J connectivity index is 2.62. The molecule has 1 N–H and O–H groups in total. The molecule has 0 atom stereocenters. The van der Waals surface area contributed by atoms with Gasteiger partial charge in [0.1, 0.15) is 16.0 Å². The fraction of sp³-hybridized carbons (Fsp3) is 0.235. The van der Waals surface area contributed by atoms with Crippen LogP contribution in [0.5, 0.6) is 5.75 Å². The van der Waals surface area contributed by atoms with Gasteiger partial charge in [0.2, 0.25) is 9.84 Å². The fourth-order valence-electron chi connectivity index (χ4n) is 2.12. The van der Waals surface area contributed by atoms with Gasteiger partial charge in [-0.05, 0) is 56.6 Å². The predicted molar refractivity (Wildman–Crippen MR) is 99.6 cm³/mol. The van der Waals surface area contributed by atoms with Crippen molar-refractivity contribution in [2.75, 3.05) is 0 Å². The summed E-state index contributed by atoms with van der Waals surface area (Å²) in [6.45, 7) is 5.82. The maximum Gasteiger partial charge on any atom is 0.226 e. The van der Waals surface area contributed by atoms with Gasteiger partial charge in [-0.3, -0.25) is 0 Å². The van der Waals surface area contributed by atoms with Crippen molar-refractivity contribution >= 4 is 43.2 Å². The highest BCUT2D eigenvalue weighted by molar-refractivity contribution is 9.10. The molecule has 0 unspecified atom stereocenters. The molecule has 0 aliphatic heterocycles. The zero-order valence-electron chi connectivity index (χ0n) is 13.4. The zero-order chi connectivity index (χ0) is 18.1. The van der Waals surface area contributed by atoms with Crippen LogP contribution in [0.25, 0.3) is 6.08 Å². The second-order valence-electron chi connectivity index (χ2n) is 6.20. The maximum absolute atomic E-state index is 12.5. The number of nitrogens with zero attached hydrogens (tertiary/aromatic N) is 1. The highest BCUT2D eigenvalue weighted by atomic mass is 79.9. The molecule has 0 saturated carbocycles. The first kappa shape index (κ1) is 18.7. The van der Waals surface area contributed by atoms with Crippen molar-refractivity contribution in [3.05, 3.63) is 50.2 Å². The number of aromatic hydroxyl groups is 1. The summed E-state index contributed by atoms with van der Waals surface area (Å²) in [5, 5.41) is 21.2. The van der Waals surface area contributed by atoms with E-state index in [0.717, 1.165) is 11.3 Å². The summed E-state index contributed by atoms with van der Waals surface area (Å²) in [5.41, 5.74) is 0.853. The standard InChI is InChI=1S/C17H16BrNO3S2/c1-17(2,3)13-8-11(9-14(18)16(13)20)7-12(10-19)24(21,22)15-5-4-6-23-15/h4-9,20H,1-3H3/b12-7-. The average molecular weight is 426 g/mol. The molecule has 24 heavy (non-hydrogen) atoms. The van der Waals surface area contributed by atoms with Crippen molar-refractivity contribution in [3.63, 3.8) is 0 Å². The number of phenolic OH excluding ortho intramolecular Hbond substituents is 1. The second-order valence-corrected chi connectivity index (χ2v) is 10.2. The molecule has 2 rings (SSSR count). The van der Waals surface area contributed by atoms with Gasteiger partial charge in [-0.1, -0.05) is 26.8 Å². The second kappa shape index (κ2) is 6.71. The summed E-state index contributed by atoms with van der Waals surface area (Å²) in [5.74, 6) is 0.110. The molecule has 1 heterocycles. The van der Waals surface area contributed by atoms with Crippen LogP contribution in [0.4, 0.5) is 0 Å². The molecule has 1 aromatic carbocycles. The quantitative estimate of drug-likeness (QED) is 0.712. The van der Waals surface area contributed by atoms with E-state index in [1.165, 1.54) is 12.1 Å². The smallest absolute Gasteiger partial charge is 0.226 e. The van der Waals surface area contributed by atoms with Gasteiger partial charge in [-0.2, -0.15) is 5.26 Å². The molecule has 0 spiro atoms. The van der Waals surface area contributed by atoms with Crippen LogP contribution in [0.15, 0.2) is 43.2 Å². The lowest BCUT2D eigenvalue weighted by molar-refractivity contribution is 0.443. The van der Waals surface area contributed by atoms with Crippen molar-refractivity contribution in [3.8, 4) is 11.8 Å². The molecule has 1 aromatic heterocycles. The van der Waals surface area contributed by atoms with Crippen LogP contribution in [-0.4, -0.2) is 13.5 Å². The number of thiophene rings is 1. The highest BCUT2D eigenvalue weighted by Crippen LogP contribution is 2.38. The van der Waals surface area contributed by atoms with Gasteiger partial charge in [-0.25, -0.2) is 8.42 Å². The average Bonchev–Trinajstić information content (AvgIpc) is 3.01. The largest absolute Gasteiger partial charge is 0.506 e. The first-order valence-electron chi connectivity index (χ1n) is 7.00. The van der Waals surface area contributed by atoms with Gasteiger partial charge in [0.25, 0.3) is 0 Å². The van der Waals surface area contributed by atoms with E-state index in [0.29, 0.717) is 15.6 Å². The molecule has 0 saturated heterocycles. The molecular weight excluding hydrogens is 410 g/mol. The van der Waals surface area contributed by atoms with Gasteiger partial charge in [0.05, 0.1) is 4.47 Å². The van der Waals surface area contributed by atoms with Crippen LogP contribution in [0.1, 0.15) is 31.9 Å². The fourth-order valence-corrected chi connectivity index (χ4v) is 4.88. The Morgan fingerprint density at radius 2 is 2.04 bits per heavy atom. The topological polar surface area (TPSA) is 78.2 Å². The van der Waals surface area contributed by atoms with Crippen LogP contribution >= 0.6 is 27.3 Å². The van der Waals surface area contributed by atoms with Crippen LogP contribution in [-0.2, 0) is 15.3 Å². The Bertz CT molecular complexity index is 931. The van der Waals surface area contributed by atoms with Gasteiger partial charge in [-0.15, -0.1) is 11.3 Å². The molecule has 7 heteroatoms. The summed E-state index contributed by atoms with van der Waals surface area (Å²) in [6, 6.07) is 8.16. The zero-order valence-corrected chi connectivity index (χ0v) is 16.6. The number of halogens is 1. The summed E-state index contributed by atoms with van der Waals surface area (Å²) < 4.78 is 25.6. The molecule has 0 aliphatic carbocycles. The lowest BCUT2D eigenvalue weighted by atomic mass is 9.85. The lowest BCUT2D eigenvalue weighted by Gasteiger charge is -2.21. The monoisotopic (exact) mass is 425 g/mol. The third-order valence-corrected chi connectivity index (χ3v) is 7.02. The molecule has 2 aromatic rings. The number of hydrogen-bond donors (Lipinski definition) is 1. The maximum atomic E-state index is 12.5. The number of hydrogen-bond acceptors (Lipinski definition) is 5. The summed E-state index contributed by atoms with van der Waals surface area (Å²) in [6.07, 6.45) is 1.33. The van der Waals surface area contributed by atoms with E-state index in [4.69, 9.17) is 0 Å². The van der Waals surface area contributed by atoms with E-state index >= 15 is 0 Å². The Hall–Kier alpha value is -1.62. The number of nitriles is 1. The number of phenols is 1. The highest BCUT2D eigenvalue weighted by Gasteiger charge is 2.24. The minimum Gasteiger partial charge on any atom is -0.506 e. The molecule has 0 fully saturated rings.